The summed E-state index contributed by atoms with van der Waals surface area (Å²) in [7, 11) is 0. The Bertz CT molecular complexity index is 671. The molecule has 0 aliphatic rings. The molecule has 21 heavy (non-hydrogen) atoms. The van der Waals surface area contributed by atoms with Crippen LogP contribution < -0.4 is 5.32 Å². The number of aliphatic carboxylic acids is 1. The Balaban J connectivity index is 2.32. The summed E-state index contributed by atoms with van der Waals surface area (Å²) in [6.45, 7) is 1.75. The number of rotatable bonds is 5. The van der Waals surface area contributed by atoms with Gasteiger partial charge in [0.05, 0.1) is 5.25 Å². The van der Waals surface area contributed by atoms with Crippen LogP contribution >= 0.6 is 11.8 Å². The lowest BCUT2D eigenvalue weighted by Crippen LogP contribution is -2.38. The number of carbonyl (C=O) groups is 2. The Morgan fingerprint density at radius 2 is 1.81 bits per heavy atom. The van der Waals surface area contributed by atoms with Gasteiger partial charge in [-0.1, -0.05) is 36.4 Å². The van der Waals surface area contributed by atoms with Crippen LogP contribution in [0, 0.1) is 0 Å². The second kappa shape index (κ2) is 6.63. The van der Waals surface area contributed by atoms with Crippen LogP contribution in [0.25, 0.3) is 10.8 Å². The number of carbonyl (C=O) groups excluding carboxylic acids is 1. The Morgan fingerprint density at radius 1 is 1.14 bits per heavy atom. The van der Waals surface area contributed by atoms with E-state index in [4.69, 9.17) is 0 Å². The number of carboxylic acid groups (broad SMARTS) is 1. The van der Waals surface area contributed by atoms with E-state index in [0.29, 0.717) is 5.56 Å². The monoisotopic (exact) mass is 303 g/mol. The predicted molar refractivity (Wildman–Crippen MR) is 85.4 cm³/mol. The second-order valence-corrected chi connectivity index (χ2v) is 5.94. The van der Waals surface area contributed by atoms with E-state index < -0.39 is 12.0 Å². The zero-order valence-electron chi connectivity index (χ0n) is 11.9. The third kappa shape index (κ3) is 3.55. The number of nitrogens with one attached hydrogen (secondary N) is 1. The fourth-order valence-corrected chi connectivity index (χ4v) is 2.32. The molecule has 0 spiro atoms. The number of benzene rings is 2. The first-order valence-corrected chi connectivity index (χ1v) is 7.86. The quantitative estimate of drug-likeness (QED) is 0.891. The van der Waals surface area contributed by atoms with Gasteiger partial charge in [0, 0.05) is 0 Å². The molecular weight excluding hydrogens is 286 g/mol. The lowest BCUT2D eigenvalue weighted by molar-refractivity contribution is -0.141. The largest absolute Gasteiger partial charge is 0.479 e. The van der Waals surface area contributed by atoms with Gasteiger partial charge in [0.25, 0.3) is 0 Å². The van der Waals surface area contributed by atoms with E-state index in [1.165, 1.54) is 11.8 Å². The lowest BCUT2D eigenvalue weighted by atomic mass is 10.0. The van der Waals surface area contributed by atoms with Gasteiger partial charge in [0.15, 0.2) is 6.04 Å². The summed E-state index contributed by atoms with van der Waals surface area (Å²) in [6, 6.07) is 12.1. The van der Waals surface area contributed by atoms with Gasteiger partial charge >= 0.3 is 5.97 Å². The standard InChI is InChI=1S/C16H17NO3S/c1-10(21-2)15(18)17-14(16(19)20)13-8-7-11-5-3-4-6-12(11)9-13/h3-10,14H,1-2H3,(H,17,18)(H,19,20). The third-order valence-corrected chi connectivity index (χ3v) is 4.28. The smallest absolute Gasteiger partial charge is 0.330 e. The third-order valence-electron chi connectivity index (χ3n) is 3.36. The van der Waals surface area contributed by atoms with E-state index in [1.54, 1.807) is 19.1 Å². The molecule has 1 amide bonds. The van der Waals surface area contributed by atoms with Crippen molar-refractivity contribution in [1.82, 2.24) is 5.32 Å². The predicted octanol–water partition coefficient (Wildman–Crippen LogP) is 2.83. The number of amides is 1. The topological polar surface area (TPSA) is 66.4 Å². The van der Waals surface area contributed by atoms with Crippen LogP contribution in [0.2, 0.25) is 0 Å². The molecule has 110 valence electrons. The van der Waals surface area contributed by atoms with Crippen molar-refractivity contribution in [2.75, 3.05) is 6.26 Å². The molecule has 0 saturated heterocycles. The van der Waals surface area contributed by atoms with Gasteiger partial charge in [0.1, 0.15) is 0 Å². The molecule has 0 radical (unpaired) electrons. The zero-order valence-corrected chi connectivity index (χ0v) is 12.7. The highest BCUT2D eigenvalue weighted by atomic mass is 32.2. The van der Waals surface area contributed by atoms with Crippen molar-refractivity contribution in [3.8, 4) is 0 Å². The number of thioether (sulfide) groups is 1. The molecule has 2 rings (SSSR count). The number of fused-ring (bicyclic) bond motifs is 1. The van der Waals surface area contributed by atoms with Crippen molar-refractivity contribution in [1.29, 1.82) is 0 Å². The van der Waals surface area contributed by atoms with Gasteiger partial charge < -0.3 is 10.4 Å². The van der Waals surface area contributed by atoms with Gasteiger partial charge in [-0.3, -0.25) is 4.79 Å². The van der Waals surface area contributed by atoms with Crippen molar-refractivity contribution in [2.24, 2.45) is 0 Å². The summed E-state index contributed by atoms with van der Waals surface area (Å²) < 4.78 is 0. The lowest BCUT2D eigenvalue weighted by Gasteiger charge is -2.17. The van der Waals surface area contributed by atoms with Crippen molar-refractivity contribution < 1.29 is 14.7 Å². The van der Waals surface area contributed by atoms with E-state index in [1.807, 2.05) is 36.6 Å². The zero-order chi connectivity index (χ0) is 15.4. The Kier molecular flexibility index (Phi) is 4.85. The van der Waals surface area contributed by atoms with Crippen LogP contribution in [-0.4, -0.2) is 28.5 Å². The molecule has 0 bridgehead atoms. The van der Waals surface area contributed by atoms with Crippen LogP contribution in [0.5, 0.6) is 0 Å². The number of hydrogen-bond acceptors (Lipinski definition) is 3. The van der Waals surface area contributed by atoms with E-state index in [-0.39, 0.29) is 11.2 Å². The molecule has 0 heterocycles. The minimum Gasteiger partial charge on any atom is -0.479 e. The SMILES string of the molecule is CSC(C)C(=O)NC(C(=O)O)c1ccc2ccccc2c1. The molecule has 0 fully saturated rings. The highest BCUT2D eigenvalue weighted by Gasteiger charge is 2.24. The molecule has 2 atom stereocenters. The van der Waals surface area contributed by atoms with Crippen molar-refractivity contribution in [3.05, 3.63) is 48.0 Å². The van der Waals surface area contributed by atoms with Crippen molar-refractivity contribution in [3.63, 3.8) is 0 Å². The molecule has 0 aliphatic carbocycles. The van der Waals surface area contributed by atoms with Gasteiger partial charge in [-0.15, -0.1) is 0 Å². The van der Waals surface area contributed by atoms with Gasteiger partial charge in [-0.2, -0.15) is 11.8 Å². The Morgan fingerprint density at radius 3 is 2.43 bits per heavy atom. The maximum absolute atomic E-state index is 11.9. The first-order valence-electron chi connectivity index (χ1n) is 6.57. The molecular formula is C16H17NO3S. The summed E-state index contributed by atoms with van der Waals surface area (Å²) in [6.07, 6.45) is 1.82. The van der Waals surface area contributed by atoms with E-state index >= 15 is 0 Å². The minimum absolute atomic E-state index is 0.275. The second-order valence-electron chi connectivity index (χ2n) is 4.76. The van der Waals surface area contributed by atoms with Crippen molar-refractivity contribution >= 4 is 34.4 Å². The first kappa shape index (κ1) is 15.4. The average Bonchev–Trinajstić information content (AvgIpc) is 2.50. The van der Waals surface area contributed by atoms with E-state index in [2.05, 4.69) is 5.32 Å². The first-order chi connectivity index (χ1) is 10.0. The molecule has 0 aliphatic heterocycles. The molecule has 5 heteroatoms. The van der Waals surface area contributed by atoms with Gasteiger partial charge in [0.2, 0.25) is 5.91 Å². The highest BCUT2D eigenvalue weighted by molar-refractivity contribution is 7.99. The summed E-state index contributed by atoms with van der Waals surface area (Å²) in [5.74, 6) is -1.34. The summed E-state index contributed by atoms with van der Waals surface area (Å²) in [5.41, 5.74) is 0.572. The fraction of sp³-hybridized carbons (Fsp3) is 0.250. The minimum atomic E-state index is -1.06. The number of carboxylic acids is 1. The maximum atomic E-state index is 11.9. The fourth-order valence-electron chi connectivity index (χ4n) is 2.04. The highest BCUT2D eigenvalue weighted by Crippen LogP contribution is 2.21. The molecule has 0 saturated carbocycles. The molecule has 0 aromatic heterocycles. The Hall–Kier alpha value is -2.01. The average molecular weight is 303 g/mol. The Labute approximate surface area is 127 Å². The van der Waals surface area contributed by atoms with Crippen molar-refractivity contribution in [2.45, 2.75) is 18.2 Å². The van der Waals surface area contributed by atoms with E-state index in [9.17, 15) is 14.7 Å². The summed E-state index contributed by atoms with van der Waals surface area (Å²) >= 11 is 1.38. The van der Waals surface area contributed by atoms with Crippen LogP contribution in [-0.2, 0) is 9.59 Å². The van der Waals surface area contributed by atoms with Gasteiger partial charge in [-0.25, -0.2) is 4.79 Å². The van der Waals surface area contributed by atoms with Crippen LogP contribution in [0.1, 0.15) is 18.5 Å². The maximum Gasteiger partial charge on any atom is 0.330 e. The van der Waals surface area contributed by atoms with E-state index in [0.717, 1.165) is 10.8 Å². The summed E-state index contributed by atoms with van der Waals surface area (Å²) in [4.78, 5) is 23.4. The van der Waals surface area contributed by atoms with Crippen LogP contribution in [0.15, 0.2) is 42.5 Å². The summed E-state index contributed by atoms with van der Waals surface area (Å²) in [5, 5.41) is 13.7. The molecule has 2 unspecified atom stereocenters. The molecule has 2 aromatic carbocycles. The van der Waals surface area contributed by atoms with Crippen LogP contribution in [0.3, 0.4) is 0 Å². The van der Waals surface area contributed by atoms with Gasteiger partial charge in [-0.05, 0) is 35.6 Å². The normalized spacial score (nSPS) is 13.6. The molecule has 2 aromatic rings. The van der Waals surface area contributed by atoms with Crippen LogP contribution in [0.4, 0.5) is 0 Å². The molecule has 2 N–H and O–H groups in total. The molecule has 4 nitrogen and oxygen atoms in total. The number of hydrogen-bond donors (Lipinski definition) is 2.